The fourth-order valence-electron chi connectivity index (χ4n) is 4.42. The summed E-state index contributed by atoms with van der Waals surface area (Å²) in [4.78, 5) is 41.4. The first kappa shape index (κ1) is 21.5. The average molecular weight is 431 g/mol. The van der Waals surface area contributed by atoms with E-state index >= 15 is 0 Å². The molecule has 2 aliphatic rings. The van der Waals surface area contributed by atoms with Crippen molar-refractivity contribution in [2.24, 2.45) is 7.05 Å². The molecule has 10 heteroatoms. The molecule has 10 nitrogen and oxygen atoms in total. The molecule has 1 aromatic heterocycles. The van der Waals surface area contributed by atoms with E-state index < -0.39 is 11.9 Å². The van der Waals surface area contributed by atoms with Crippen molar-refractivity contribution in [3.05, 3.63) is 28.7 Å². The van der Waals surface area contributed by atoms with E-state index in [4.69, 9.17) is 9.47 Å². The lowest BCUT2D eigenvalue weighted by molar-refractivity contribution is -0.135. The minimum absolute atomic E-state index is 0.231. The van der Waals surface area contributed by atoms with Crippen molar-refractivity contribution in [1.29, 1.82) is 0 Å². The third kappa shape index (κ3) is 4.10. The summed E-state index contributed by atoms with van der Waals surface area (Å²) in [6.07, 6.45) is 0.329. The van der Waals surface area contributed by atoms with Crippen molar-refractivity contribution in [1.82, 2.24) is 19.4 Å². The molecule has 2 amide bonds. The highest BCUT2D eigenvalue weighted by molar-refractivity contribution is 6.00. The summed E-state index contributed by atoms with van der Waals surface area (Å²) in [6, 6.07) is 5.22. The largest absolute Gasteiger partial charge is 0.369 e. The zero-order valence-corrected chi connectivity index (χ0v) is 18.2. The molecule has 2 saturated heterocycles. The lowest BCUT2D eigenvalue weighted by Crippen LogP contribution is -2.49. The molecule has 2 aliphatic heterocycles. The molecule has 4 rings (SSSR count). The highest BCUT2D eigenvalue weighted by Gasteiger charge is 2.31. The number of imide groups is 1. The summed E-state index contributed by atoms with van der Waals surface area (Å²) in [5, 5.41) is 2.34. The van der Waals surface area contributed by atoms with Crippen LogP contribution in [0.3, 0.4) is 0 Å². The smallest absolute Gasteiger partial charge is 0.329 e. The summed E-state index contributed by atoms with van der Waals surface area (Å²) >= 11 is 0. The fourth-order valence-corrected chi connectivity index (χ4v) is 4.42. The molecule has 0 radical (unpaired) electrons. The summed E-state index contributed by atoms with van der Waals surface area (Å²) < 4.78 is 13.7. The SMILES string of the molecule is COC(CN1CCN(c2ccc3c(c2)n(C)c(=O)n3C2CCC(=O)NC2=O)CC1)OC. The Morgan fingerprint density at radius 1 is 1.06 bits per heavy atom. The Labute approximate surface area is 180 Å². The van der Waals surface area contributed by atoms with E-state index in [1.54, 1.807) is 25.8 Å². The molecule has 0 saturated carbocycles. The second kappa shape index (κ2) is 8.81. The monoisotopic (exact) mass is 431 g/mol. The number of imidazole rings is 1. The zero-order valence-electron chi connectivity index (χ0n) is 18.2. The highest BCUT2D eigenvalue weighted by Crippen LogP contribution is 2.27. The van der Waals surface area contributed by atoms with Gasteiger partial charge in [-0.2, -0.15) is 0 Å². The van der Waals surface area contributed by atoms with Crippen LogP contribution in [0.25, 0.3) is 11.0 Å². The predicted molar refractivity (Wildman–Crippen MR) is 115 cm³/mol. The highest BCUT2D eigenvalue weighted by atomic mass is 16.7. The van der Waals surface area contributed by atoms with Gasteiger partial charge in [0.2, 0.25) is 11.8 Å². The zero-order chi connectivity index (χ0) is 22.1. The van der Waals surface area contributed by atoms with Crippen molar-refractivity contribution in [2.75, 3.05) is 51.8 Å². The van der Waals surface area contributed by atoms with Crippen LogP contribution < -0.4 is 15.9 Å². The predicted octanol–water partition coefficient (Wildman–Crippen LogP) is 0.0586. The number of amides is 2. The Morgan fingerprint density at radius 2 is 1.77 bits per heavy atom. The molecule has 1 atom stereocenters. The van der Waals surface area contributed by atoms with Gasteiger partial charge in [-0.15, -0.1) is 0 Å². The topological polar surface area (TPSA) is 98.0 Å². The van der Waals surface area contributed by atoms with Gasteiger partial charge < -0.3 is 14.4 Å². The van der Waals surface area contributed by atoms with Gasteiger partial charge in [0.15, 0.2) is 6.29 Å². The maximum absolute atomic E-state index is 12.9. The second-order valence-corrected chi connectivity index (χ2v) is 8.04. The van der Waals surface area contributed by atoms with E-state index in [-0.39, 0.29) is 24.3 Å². The quantitative estimate of drug-likeness (QED) is 0.510. The number of nitrogens with one attached hydrogen (secondary N) is 1. The van der Waals surface area contributed by atoms with E-state index in [2.05, 4.69) is 15.1 Å². The van der Waals surface area contributed by atoms with Crippen LogP contribution in [-0.4, -0.2) is 79.1 Å². The number of methoxy groups -OCH3 is 2. The number of anilines is 1. The minimum atomic E-state index is -0.669. The third-order valence-electron chi connectivity index (χ3n) is 6.27. The van der Waals surface area contributed by atoms with Crippen LogP contribution in [0.4, 0.5) is 5.69 Å². The number of aromatic nitrogens is 2. The Balaban J connectivity index is 1.55. The number of benzene rings is 1. The Morgan fingerprint density at radius 3 is 2.42 bits per heavy atom. The van der Waals surface area contributed by atoms with Crippen molar-refractivity contribution >= 4 is 28.5 Å². The molecular weight excluding hydrogens is 402 g/mol. The summed E-state index contributed by atoms with van der Waals surface area (Å²) in [5.41, 5.74) is 2.26. The molecule has 2 fully saturated rings. The van der Waals surface area contributed by atoms with Crippen LogP contribution in [0.1, 0.15) is 18.9 Å². The molecule has 2 aromatic rings. The van der Waals surface area contributed by atoms with Gasteiger partial charge in [0.25, 0.3) is 0 Å². The van der Waals surface area contributed by atoms with Gasteiger partial charge in [-0.05, 0) is 24.6 Å². The van der Waals surface area contributed by atoms with E-state index in [9.17, 15) is 14.4 Å². The average Bonchev–Trinajstić information content (AvgIpc) is 3.02. The number of piperazine rings is 1. The van der Waals surface area contributed by atoms with Crippen LogP contribution in [0.5, 0.6) is 0 Å². The number of carbonyl (C=O) groups is 2. The van der Waals surface area contributed by atoms with Crippen LogP contribution in [0, 0.1) is 0 Å². The Hall–Kier alpha value is -2.69. The third-order valence-corrected chi connectivity index (χ3v) is 6.27. The molecule has 0 spiro atoms. The number of piperidine rings is 1. The van der Waals surface area contributed by atoms with E-state index in [0.29, 0.717) is 11.9 Å². The lowest BCUT2D eigenvalue weighted by Gasteiger charge is -2.37. The van der Waals surface area contributed by atoms with Gasteiger partial charge >= 0.3 is 5.69 Å². The van der Waals surface area contributed by atoms with Crippen molar-refractivity contribution in [3.8, 4) is 0 Å². The first-order chi connectivity index (χ1) is 14.9. The molecular formula is C21H29N5O5. The van der Waals surface area contributed by atoms with Gasteiger partial charge in [-0.1, -0.05) is 0 Å². The molecule has 1 N–H and O–H groups in total. The van der Waals surface area contributed by atoms with Gasteiger partial charge in [0.1, 0.15) is 6.04 Å². The van der Waals surface area contributed by atoms with E-state index in [1.165, 1.54) is 4.57 Å². The summed E-state index contributed by atoms with van der Waals surface area (Å²) in [6.45, 7) is 4.21. The second-order valence-electron chi connectivity index (χ2n) is 8.04. The van der Waals surface area contributed by atoms with Gasteiger partial charge in [0.05, 0.1) is 11.0 Å². The Kier molecular flexibility index (Phi) is 6.12. The van der Waals surface area contributed by atoms with Crippen molar-refractivity contribution in [3.63, 3.8) is 0 Å². The first-order valence-corrected chi connectivity index (χ1v) is 10.5. The number of ether oxygens (including phenoxy) is 2. The van der Waals surface area contributed by atoms with Gasteiger partial charge in [-0.3, -0.25) is 28.9 Å². The normalized spacial score (nSPS) is 20.6. The van der Waals surface area contributed by atoms with E-state index in [0.717, 1.165) is 43.9 Å². The van der Waals surface area contributed by atoms with Crippen molar-refractivity contribution in [2.45, 2.75) is 25.2 Å². The Bertz CT molecular complexity index is 1030. The molecule has 0 aliphatic carbocycles. The van der Waals surface area contributed by atoms with Crippen LogP contribution in [0.2, 0.25) is 0 Å². The summed E-state index contributed by atoms with van der Waals surface area (Å²) in [7, 11) is 5.00. The minimum Gasteiger partial charge on any atom is -0.369 e. The standard InChI is InChI=1S/C21H29N5O5/c1-23-17-12-14(25-10-8-24(9-11-25)13-19(30-2)31-3)4-5-15(17)26(21(23)29)16-6-7-18(27)22-20(16)28/h4-5,12,16,19H,6-11,13H2,1-3H3,(H,22,27,28). The number of nitrogens with zero attached hydrogens (tertiary/aromatic N) is 4. The van der Waals surface area contributed by atoms with Crippen LogP contribution in [-0.2, 0) is 26.1 Å². The number of hydrogen-bond donors (Lipinski definition) is 1. The van der Waals surface area contributed by atoms with Gasteiger partial charge in [0, 0.05) is 66.1 Å². The van der Waals surface area contributed by atoms with Crippen LogP contribution >= 0.6 is 0 Å². The molecule has 0 bridgehead atoms. The lowest BCUT2D eigenvalue weighted by atomic mass is 10.1. The number of fused-ring (bicyclic) bond motifs is 1. The molecule has 1 unspecified atom stereocenters. The number of carbonyl (C=O) groups excluding carboxylic acids is 2. The molecule has 1 aromatic carbocycles. The first-order valence-electron chi connectivity index (χ1n) is 10.5. The number of aryl methyl sites for hydroxylation is 1. The summed E-state index contributed by atoms with van der Waals surface area (Å²) in [5.74, 6) is -0.713. The fraction of sp³-hybridized carbons (Fsp3) is 0.571. The van der Waals surface area contributed by atoms with Gasteiger partial charge in [-0.25, -0.2) is 4.79 Å². The van der Waals surface area contributed by atoms with E-state index in [1.807, 2.05) is 18.2 Å². The molecule has 168 valence electrons. The number of hydrogen-bond acceptors (Lipinski definition) is 7. The maximum Gasteiger partial charge on any atom is 0.329 e. The van der Waals surface area contributed by atoms with Crippen molar-refractivity contribution < 1.29 is 19.1 Å². The number of rotatable bonds is 6. The molecule has 3 heterocycles. The maximum atomic E-state index is 12.9. The van der Waals surface area contributed by atoms with Crippen LogP contribution in [0.15, 0.2) is 23.0 Å². The molecule has 31 heavy (non-hydrogen) atoms.